The van der Waals surface area contributed by atoms with Crippen LogP contribution in [0.1, 0.15) is 48.1 Å². The van der Waals surface area contributed by atoms with Gasteiger partial charge in [0.1, 0.15) is 5.01 Å². The van der Waals surface area contributed by atoms with E-state index in [9.17, 15) is 9.59 Å². The van der Waals surface area contributed by atoms with Crippen molar-refractivity contribution in [2.75, 3.05) is 26.9 Å². The van der Waals surface area contributed by atoms with Crippen LogP contribution >= 0.6 is 11.3 Å². The Kier molecular flexibility index (Phi) is 6.98. The van der Waals surface area contributed by atoms with Crippen molar-refractivity contribution in [3.63, 3.8) is 0 Å². The Hall–Kier alpha value is -1.47. The standard InChI is InChI=1S/C16H24N2O4S/c1-3-22-9-5-8-18(15(19)12-6-4-7-12)10-14-17-13(11-23-14)16(20)21-2/h11-12H,3-10H2,1-2H3. The number of carbonyl (C=O) groups is 2. The van der Waals surface area contributed by atoms with E-state index < -0.39 is 5.97 Å². The highest BCUT2D eigenvalue weighted by Crippen LogP contribution is 2.29. The lowest BCUT2D eigenvalue weighted by molar-refractivity contribution is -0.139. The van der Waals surface area contributed by atoms with Crippen LogP contribution in [0, 0.1) is 5.92 Å². The molecule has 0 N–H and O–H groups in total. The summed E-state index contributed by atoms with van der Waals surface area (Å²) in [5.74, 6) is -0.0922. The number of nitrogens with zero attached hydrogens (tertiary/aromatic N) is 2. The van der Waals surface area contributed by atoms with Gasteiger partial charge in [0.15, 0.2) is 5.69 Å². The molecule has 0 spiro atoms. The second-order valence-corrected chi connectivity index (χ2v) is 6.50. The van der Waals surface area contributed by atoms with Gasteiger partial charge in [0.2, 0.25) is 5.91 Å². The number of hydrogen-bond acceptors (Lipinski definition) is 6. The van der Waals surface area contributed by atoms with Gasteiger partial charge < -0.3 is 14.4 Å². The van der Waals surface area contributed by atoms with Crippen molar-refractivity contribution >= 4 is 23.2 Å². The molecule has 1 aliphatic rings. The van der Waals surface area contributed by atoms with E-state index in [1.54, 1.807) is 5.38 Å². The average molecular weight is 340 g/mol. The third-order valence-corrected chi connectivity index (χ3v) is 4.79. The van der Waals surface area contributed by atoms with E-state index in [1.807, 2.05) is 11.8 Å². The number of ether oxygens (including phenoxy) is 2. The summed E-state index contributed by atoms with van der Waals surface area (Å²) < 4.78 is 10.0. The molecule has 0 saturated heterocycles. The molecule has 1 aliphatic carbocycles. The molecule has 7 heteroatoms. The van der Waals surface area contributed by atoms with E-state index in [0.717, 1.165) is 30.7 Å². The Balaban J connectivity index is 1.96. The third kappa shape index (κ3) is 5.00. The highest BCUT2D eigenvalue weighted by Gasteiger charge is 2.29. The molecule has 1 amide bonds. The van der Waals surface area contributed by atoms with Crippen LogP contribution in [0.2, 0.25) is 0 Å². The van der Waals surface area contributed by atoms with Crippen molar-refractivity contribution in [3.8, 4) is 0 Å². The minimum atomic E-state index is -0.444. The molecular weight excluding hydrogens is 316 g/mol. The molecule has 1 aromatic heterocycles. The number of thiazole rings is 1. The molecule has 1 fully saturated rings. The first kappa shape index (κ1) is 17.9. The number of methoxy groups -OCH3 is 1. The summed E-state index contributed by atoms with van der Waals surface area (Å²) in [6, 6.07) is 0. The van der Waals surface area contributed by atoms with Crippen molar-refractivity contribution < 1.29 is 19.1 Å². The molecule has 1 heterocycles. The van der Waals surface area contributed by atoms with Crippen molar-refractivity contribution in [1.29, 1.82) is 0 Å². The number of hydrogen-bond donors (Lipinski definition) is 0. The summed E-state index contributed by atoms with van der Waals surface area (Å²) in [6.07, 6.45) is 3.90. The van der Waals surface area contributed by atoms with E-state index in [-0.39, 0.29) is 11.8 Å². The zero-order valence-electron chi connectivity index (χ0n) is 13.7. The topological polar surface area (TPSA) is 68.7 Å². The van der Waals surface area contributed by atoms with Crippen LogP contribution in [0.25, 0.3) is 0 Å². The van der Waals surface area contributed by atoms with Gasteiger partial charge in [0, 0.05) is 31.1 Å². The fraction of sp³-hybridized carbons (Fsp3) is 0.688. The molecule has 128 valence electrons. The first-order valence-corrected chi connectivity index (χ1v) is 8.93. The van der Waals surface area contributed by atoms with Crippen LogP contribution in [0.5, 0.6) is 0 Å². The quantitative estimate of drug-likeness (QED) is 0.510. The molecule has 0 radical (unpaired) electrons. The number of rotatable bonds is 9. The van der Waals surface area contributed by atoms with Gasteiger partial charge in [-0.1, -0.05) is 6.42 Å². The Morgan fingerprint density at radius 2 is 2.22 bits per heavy atom. The Morgan fingerprint density at radius 1 is 1.43 bits per heavy atom. The molecule has 2 rings (SSSR count). The zero-order chi connectivity index (χ0) is 16.7. The van der Waals surface area contributed by atoms with Gasteiger partial charge >= 0.3 is 5.97 Å². The smallest absolute Gasteiger partial charge is 0.357 e. The second kappa shape index (κ2) is 8.98. The first-order valence-electron chi connectivity index (χ1n) is 8.05. The second-order valence-electron chi connectivity index (χ2n) is 5.56. The zero-order valence-corrected chi connectivity index (χ0v) is 14.6. The molecule has 6 nitrogen and oxygen atoms in total. The summed E-state index contributed by atoms with van der Waals surface area (Å²) in [5.41, 5.74) is 0.304. The van der Waals surface area contributed by atoms with E-state index in [0.29, 0.717) is 32.0 Å². The summed E-state index contributed by atoms with van der Waals surface area (Å²) in [7, 11) is 1.33. The third-order valence-electron chi connectivity index (χ3n) is 3.96. The lowest BCUT2D eigenvalue weighted by Crippen LogP contribution is -2.39. The maximum absolute atomic E-state index is 12.6. The van der Waals surface area contributed by atoms with E-state index in [4.69, 9.17) is 4.74 Å². The van der Waals surface area contributed by atoms with Crippen LogP contribution in [-0.4, -0.2) is 48.6 Å². The fourth-order valence-electron chi connectivity index (χ4n) is 2.43. The van der Waals surface area contributed by atoms with E-state index >= 15 is 0 Å². The molecule has 0 atom stereocenters. The maximum atomic E-state index is 12.6. The predicted molar refractivity (Wildman–Crippen MR) is 87.3 cm³/mol. The predicted octanol–water partition coefficient (Wildman–Crippen LogP) is 2.49. The van der Waals surface area contributed by atoms with Gasteiger partial charge in [-0.3, -0.25) is 4.79 Å². The minimum absolute atomic E-state index is 0.155. The van der Waals surface area contributed by atoms with Crippen molar-refractivity contribution in [2.45, 2.75) is 39.2 Å². The largest absolute Gasteiger partial charge is 0.464 e. The molecule has 0 aromatic carbocycles. The number of esters is 1. The van der Waals surface area contributed by atoms with Gasteiger partial charge in [0.25, 0.3) is 0 Å². The van der Waals surface area contributed by atoms with Crippen LogP contribution < -0.4 is 0 Å². The van der Waals surface area contributed by atoms with E-state index in [1.165, 1.54) is 18.4 Å². The van der Waals surface area contributed by atoms with Crippen molar-refractivity contribution in [2.24, 2.45) is 5.92 Å². The first-order chi connectivity index (χ1) is 11.2. The number of amides is 1. The molecule has 0 bridgehead atoms. The molecular formula is C16H24N2O4S. The molecule has 0 aliphatic heterocycles. The molecule has 1 aromatic rings. The summed E-state index contributed by atoms with van der Waals surface area (Å²) in [4.78, 5) is 30.2. The normalized spacial score (nSPS) is 14.3. The highest BCUT2D eigenvalue weighted by molar-refractivity contribution is 7.09. The van der Waals surface area contributed by atoms with Crippen LogP contribution in [-0.2, 0) is 20.8 Å². The SMILES string of the molecule is CCOCCCN(Cc1nc(C(=O)OC)cs1)C(=O)C1CCC1. The lowest BCUT2D eigenvalue weighted by atomic mass is 9.84. The molecule has 23 heavy (non-hydrogen) atoms. The van der Waals surface area contributed by atoms with Crippen molar-refractivity contribution in [3.05, 3.63) is 16.1 Å². The Labute approximate surface area is 140 Å². The minimum Gasteiger partial charge on any atom is -0.464 e. The fourth-order valence-corrected chi connectivity index (χ4v) is 3.21. The van der Waals surface area contributed by atoms with Crippen molar-refractivity contribution in [1.82, 2.24) is 9.88 Å². The molecule has 0 unspecified atom stereocenters. The van der Waals surface area contributed by atoms with Gasteiger partial charge in [-0.05, 0) is 26.2 Å². The summed E-state index contributed by atoms with van der Waals surface area (Å²) in [5, 5.41) is 2.43. The van der Waals surface area contributed by atoms with Crippen LogP contribution in [0.3, 0.4) is 0 Å². The average Bonchev–Trinajstić information content (AvgIpc) is 2.96. The van der Waals surface area contributed by atoms with E-state index in [2.05, 4.69) is 9.72 Å². The monoisotopic (exact) mass is 340 g/mol. The van der Waals surface area contributed by atoms with Crippen LogP contribution in [0.4, 0.5) is 0 Å². The van der Waals surface area contributed by atoms with Gasteiger partial charge in [-0.15, -0.1) is 11.3 Å². The molecule has 1 saturated carbocycles. The Morgan fingerprint density at radius 3 is 2.83 bits per heavy atom. The van der Waals surface area contributed by atoms with Gasteiger partial charge in [-0.2, -0.15) is 0 Å². The summed E-state index contributed by atoms with van der Waals surface area (Å²) in [6.45, 7) is 4.40. The highest BCUT2D eigenvalue weighted by atomic mass is 32.1. The summed E-state index contributed by atoms with van der Waals surface area (Å²) >= 11 is 1.38. The lowest BCUT2D eigenvalue weighted by Gasteiger charge is -2.31. The van der Waals surface area contributed by atoms with Gasteiger partial charge in [0.05, 0.1) is 13.7 Å². The maximum Gasteiger partial charge on any atom is 0.357 e. The number of carbonyl (C=O) groups excluding carboxylic acids is 2. The number of aromatic nitrogens is 1. The van der Waals surface area contributed by atoms with Crippen LogP contribution in [0.15, 0.2) is 5.38 Å². The Bertz CT molecular complexity index is 528. The van der Waals surface area contributed by atoms with Gasteiger partial charge in [-0.25, -0.2) is 9.78 Å².